The van der Waals surface area contributed by atoms with E-state index in [0.717, 1.165) is 18.2 Å². The molecule has 84 valence electrons. The minimum absolute atomic E-state index is 0.657. The molecular formula is C12H21N3. The van der Waals surface area contributed by atoms with Crippen LogP contribution in [0.3, 0.4) is 0 Å². The molecule has 0 fully saturated rings. The topological polar surface area (TPSA) is 37.0 Å². The van der Waals surface area contributed by atoms with Gasteiger partial charge in [0.05, 0.1) is 0 Å². The van der Waals surface area contributed by atoms with Crippen LogP contribution in [0.2, 0.25) is 0 Å². The lowest BCUT2D eigenvalue weighted by Gasteiger charge is -2.16. The van der Waals surface area contributed by atoms with Crippen LogP contribution in [0.15, 0.2) is 18.2 Å². The summed E-state index contributed by atoms with van der Waals surface area (Å²) < 4.78 is 0. The van der Waals surface area contributed by atoms with E-state index in [4.69, 9.17) is 0 Å². The Kier molecular flexibility index (Phi) is 4.40. The van der Waals surface area contributed by atoms with E-state index < -0.39 is 0 Å². The zero-order chi connectivity index (χ0) is 11.3. The van der Waals surface area contributed by atoms with Gasteiger partial charge in [0, 0.05) is 13.6 Å². The Labute approximate surface area is 92.3 Å². The molecule has 0 aliphatic carbocycles. The smallest absolute Gasteiger partial charge is 0.128 e. The van der Waals surface area contributed by atoms with Gasteiger partial charge in [-0.2, -0.15) is 0 Å². The van der Waals surface area contributed by atoms with Gasteiger partial charge >= 0.3 is 0 Å². The minimum Gasteiger partial charge on any atom is -0.373 e. The van der Waals surface area contributed by atoms with Crippen LogP contribution in [0, 0.1) is 11.8 Å². The van der Waals surface area contributed by atoms with Crippen molar-refractivity contribution in [3.8, 4) is 0 Å². The summed E-state index contributed by atoms with van der Waals surface area (Å²) in [6, 6.07) is 5.95. The number of pyridine rings is 1. The third kappa shape index (κ3) is 3.78. The fourth-order valence-electron chi connectivity index (χ4n) is 1.17. The van der Waals surface area contributed by atoms with E-state index in [9.17, 15) is 0 Å². The highest BCUT2D eigenvalue weighted by Gasteiger charge is 2.06. The van der Waals surface area contributed by atoms with Gasteiger partial charge in [-0.3, -0.25) is 0 Å². The molecule has 1 heterocycles. The van der Waals surface area contributed by atoms with E-state index in [1.165, 1.54) is 0 Å². The van der Waals surface area contributed by atoms with Gasteiger partial charge in [0.25, 0.3) is 0 Å². The zero-order valence-electron chi connectivity index (χ0n) is 10.0. The van der Waals surface area contributed by atoms with Crippen LogP contribution in [0.25, 0.3) is 0 Å². The lowest BCUT2D eigenvalue weighted by molar-refractivity contribution is 0.439. The van der Waals surface area contributed by atoms with Gasteiger partial charge in [0.15, 0.2) is 0 Å². The van der Waals surface area contributed by atoms with Crippen molar-refractivity contribution in [2.45, 2.75) is 20.8 Å². The fourth-order valence-corrected chi connectivity index (χ4v) is 1.17. The summed E-state index contributed by atoms with van der Waals surface area (Å²) in [5.74, 6) is 3.20. The molecule has 0 saturated heterocycles. The molecule has 2 N–H and O–H groups in total. The highest BCUT2D eigenvalue weighted by atomic mass is 15.0. The van der Waals surface area contributed by atoms with Crippen molar-refractivity contribution in [2.24, 2.45) is 11.8 Å². The maximum Gasteiger partial charge on any atom is 0.128 e. The summed E-state index contributed by atoms with van der Waals surface area (Å²) in [6.45, 7) is 7.70. The van der Waals surface area contributed by atoms with Gasteiger partial charge in [-0.05, 0) is 24.0 Å². The van der Waals surface area contributed by atoms with Crippen LogP contribution in [-0.4, -0.2) is 18.6 Å². The number of hydrogen-bond donors (Lipinski definition) is 2. The number of rotatable bonds is 5. The maximum atomic E-state index is 4.40. The van der Waals surface area contributed by atoms with Crippen molar-refractivity contribution >= 4 is 11.6 Å². The molecule has 0 aliphatic rings. The molecular weight excluding hydrogens is 186 g/mol. The van der Waals surface area contributed by atoms with Crippen molar-refractivity contribution in [2.75, 3.05) is 24.2 Å². The average Bonchev–Trinajstić information content (AvgIpc) is 2.26. The Bertz CT molecular complexity index is 297. The third-order valence-corrected chi connectivity index (χ3v) is 2.75. The second-order valence-electron chi connectivity index (χ2n) is 4.26. The lowest BCUT2D eigenvalue weighted by atomic mass is 9.98. The Morgan fingerprint density at radius 2 is 1.87 bits per heavy atom. The van der Waals surface area contributed by atoms with Crippen LogP contribution in [0.1, 0.15) is 20.8 Å². The monoisotopic (exact) mass is 207 g/mol. The molecule has 0 amide bonds. The average molecular weight is 207 g/mol. The van der Waals surface area contributed by atoms with Crippen molar-refractivity contribution in [1.29, 1.82) is 0 Å². The van der Waals surface area contributed by atoms with Gasteiger partial charge in [-0.25, -0.2) is 4.98 Å². The summed E-state index contributed by atoms with van der Waals surface area (Å²) in [7, 11) is 1.88. The van der Waals surface area contributed by atoms with E-state index in [2.05, 4.69) is 36.4 Å². The van der Waals surface area contributed by atoms with Crippen LogP contribution in [0.5, 0.6) is 0 Å². The molecule has 0 spiro atoms. The number of nitrogens with one attached hydrogen (secondary N) is 2. The fraction of sp³-hybridized carbons (Fsp3) is 0.583. The quantitative estimate of drug-likeness (QED) is 0.779. The molecule has 3 heteroatoms. The van der Waals surface area contributed by atoms with E-state index in [1.54, 1.807) is 0 Å². The van der Waals surface area contributed by atoms with Gasteiger partial charge in [-0.1, -0.05) is 26.8 Å². The van der Waals surface area contributed by atoms with Gasteiger partial charge in [-0.15, -0.1) is 0 Å². The Morgan fingerprint density at radius 1 is 1.20 bits per heavy atom. The molecule has 1 atom stereocenters. The second-order valence-corrected chi connectivity index (χ2v) is 4.26. The number of anilines is 2. The normalized spacial score (nSPS) is 12.6. The highest BCUT2D eigenvalue weighted by molar-refractivity contribution is 5.44. The SMILES string of the molecule is CNc1cccc(NCC(C)C(C)C)n1. The van der Waals surface area contributed by atoms with Gasteiger partial charge < -0.3 is 10.6 Å². The van der Waals surface area contributed by atoms with Gasteiger partial charge in [0.1, 0.15) is 11.6 Å². The van der Waals surface area contributed by atoms with E-state index in [0.29, 0.717) is 11.8 Å². The third-order valence-electron chi connectivity index (χ3n) is 2.75. The molecule has 1 aromatic rings. The molecule has 0 aromatic carbocycles. The molecule has 1 aromatic heterocycles. The van der Waals surface area contributed by atoms with Crippen molar-refractivity contribution in [3.63, 3.8) is 0 Å². The van der Waals surface area contributed by atoms with E-state index in [1.807, 2.05) is 25.2 Å². The molecule has 0 aliphatic heterocycles. The Hall–Kier alpha value is -1.25. The maximum absolute atomic E-state index is 4.40. The van der Waals surface area contributed by atoms with Crippen LogP contribution in [-0.2, 0) is 0 Å². The molecule has 0 saturated carbocycles. The molecule has 15 heavy (non-hydrogen) atoms. The Morgan fingerprint density at radius 3 is 2.47 bits per heavy atom. The molecule has 0 bridgehead atoms. The largest absolute Gasteiger partial charge is 0.373 e. The minimum atomic E-state index is 0.657. The van der Waals surface area contributed by atoms with Gasteiger partial charge in [0.2, 0.25) is 0 Å². The Balaban J connectivity index is 2.50. The first-order chi connectivity index (χ1) is 7.13. The predicted octanol–water partition coefficient (Wildman–Crippen LogP) is 2.83. The number of aromatic nitrogens is 1. The molecule has 1 unspecified atom stereocenters. The summed E-state index contributed by atoms with van der Waals surface area (Å²) in [4.78, 5) is 4.40. The van der Waals surface area contributed by atoms with Crippen LogP contribution < -0.4 is 10.6 Å². The molecule has 1 rings (SSSR count). The molecule has 3 nitrogen and oxygen atoms in total. The highest BCUT2D eigenvalue weighted by Crippen LogP contribution is 2.12. The van der Waals surface area contributed by atoms with E-state index >= 15 is 0 Å². The van der Waals surface area contributed by atoms with E-state index in [-0.39, 0.29) is 0 Å². The first kappa shape index (κ1) is 11.8. The summed E-state index contributed by atoms with van der Waals surface area (Å²) in [5.41, 5.74) is 0. The number of nitrogens with zero attached hydrogens (tertiary/aromatic N) is 1. The van der Waals surface area contributed by atoms with Crippen molar-refractivity contribution in [1.82, 2.24) is 4.98 Å². The zero-order valence-corrected chi connectivity index (χ0v) is 10.0. The first-order valence-electron chi connectivity index (χ1n) is 5.52. The number of hydrogen-bond acceptors (Lipinski definition) is 3. The van der Waals surface area contributed by atoms with Crippen molar-refractivity contribution < 1.29 is 0 Å². The van der Waals surface area contributed by atoms with Crippen molar-refractivity contribution in [3.05, 3.63) is 18.2 Å². The van der Waals surface area contributed by atoms with Crippen LogP contribution in [0.4, 0.5) is 11.6 Å². The second kappa shape index (κ2) is 5.59. The first-order valence-corrected chi connectivity index (χ1v) is 5.52. The predicted molar refractivity (Wildman–Crippen MR) is 66.3 cm³/mol. The summed E-state index contributed by atoms with van der Waals surface area (Å²) in [6.07, 6.45) is 0. The van der Waals surface area contributed by atoms with Crippen LogP contribution >= 0.6 is 0 Å². The molecule has 0 radical (unpaired) electrons. The standard InChI is InChI=1S/C12H21N3/c1-9(2)10(3)8-14-12-7-5-6-11(13-4)15-12/h5-7,9-10H,8H2,1-4H3,(H2,13,14,15). The lowest BCUT2D eigenvalue weighted by Crippen LogP contribution is -2.16. The summed E-state index contributed by atoms with van der Waals surface area (Å²) in [5, 5.41) is 6.38. The summed E-state index contributed by atoms with van der Waals surface area (Å²) >= 11 is 0.